The smallest absolute Gasteiger partial charge is 0.222 e. The quantitative estimate of drug-likeness (QED) is 0.0138. The van der Waals surface area contributed by atoms with E-state index in [0.29, 0.717) is 93.8 Å². The van der Waals surface area contributed by atoms with Crippen molar-refractivity contribution in [1.29, 1.82) is 0 Å². The largest absolute Gasteiger partial charge is 1.00 e. The molecule has 30 heteroatoms. The van der Waals surface area contributed by atoms with Gasteiger partial charge in [-0.1, -0.05) is 221 Å². The lowest BCUT2D eigenvalue weighted by Crippen LogP contribution is -3.00. The Kier molecular flexibility index (Phi) is 45.8. The highest BCUT2D eigenvalue weighted by molar-refractivity contribution is 5.80. The van der Waals surface area contributed by atoms with Crippen LogP contribution in [0.25, 0.3) is 66.9 Å². The van der Waals surface area contributed by atoms with Gasteiger partial charge in [0.15, 0.2) is 0 Å². The van der Waals surface area contributed by atoms with E-state index in [1.807, 2.05) is 165 Å². The molecule has 12 aromatic rings. The van der Waals surface area contributed by atoms with Crippen molar-refractivity contribution < 1.29 is 82.5 Å². The molecule has 0 aliphatic carbocycles. The van der Waals surface area contributed by atoms with E-state index < -0.39 is 0 Å². The molecule has 4 amide bonds. The SMILES string of the molecule is CCCCCCCC[N+](C)(C)CCCNC(=O)CCc1cc(-n2nc3ccccc3n2)c(O)c(C(C)(C)C)c1.CCCCCCCC[N+](CC)(CC)CCCNC(=O)CCc1cc(-n2nc3ccccc3n2)c(O)c(C(C)(C)C)c1.CN(C)CCCNC(=O)CCc1cc(-n2nc3ccccc3n2)c(O)c(C(C)(C)C)c1.CN1CCN(C(=O)CCc2cc(-n3nc4ccccc4n3)c(O)c(C(C)(C)C)c2)CC1.[Br-].[Br-]. The first-order valence-corrected chi connectivity index (χ1v) is 52.3. The van der Waals surface area contributed by atoms with E-state index in [0.717, 1.165) is 176 Å². The van der Waals surface area contributed by atoms with Crippen molar-refractivity contribution in [3.8, 4) is 45.7 Å². The molecule has 1 fully saturated rings. The standard InChI is InChI=1S/C34H53N5O2.C32H49N5O2.C24H31N5O2.C24H33N5O2.2BrH/c1-7-10-11-12-13-16-23-39(8-2,9-3)24-17-22-35-32(40)21-20-27-25-28(34(4,5)6)33(41)31(26-27)38-36-29-18-14-15-19-30(29)37-38;1-7-8-9-10-11-14-21-37(5,6)22-15-20-33-30(38)19-18-25-23-26(32(2,3)4)31(39)29(24-25)36-34-27-16-12-13-17-28(27)35-36;1-24(2,3)18-15-17(9-10-22(30)28-13-11-27(4)12-14-28)16-21(23(18)31)29-25-19-7-5-6-8-20(19)26-29;1-24(2,3)18-15-17(11-12-22(30)25-13-8-14-28(4)5)16-21(23(18)31)29-26-19-9-6-7-10-20(19)27-29;;/h14-15,18-19,25-26H,7-13,16-17,20-24H2,1-6H3,(H-,35,40,41);12-13,16-17,23-24H,7-11,14-15,18-22H2,1-6H3,(H-,33,38,39);5-8,15-16,31H,9-14H2,1-4H3;6-7,9-10,15-16,31H,8,11-14H2,1-5H3,(H,25,30);2*1H. The van der Waals surface area contributed by atoms with Gasteiger partial charge in [-0.15, -0.1) is 60.0 Å². The van der Waals surface area contributed by atoms with E-state index in [1.54, 1.807) is 0 Å². The highest BCUT2D eigenvalue weighted by atomic mass is 79.9. The molecule has 5 heterocycles. The minimum atomic E-state index is -0.275. The summed E-state index contributed by atoms with van der Waals surface area (Å²) in [6, 6.07) is 46.2. The van der Waals surface area contributed by atoms with Gasteiger partial charge >= 0.3 is 0 Å². The molecule has 144 heavy (non-hydrogen) atoms. The van der Waals surface area contributed by atoms with Crippen LogP contribution in [0.1, 0.15) is 277 Å². The third-order valence-corrected chi connectivity index (χ3v) is 27.2. The van der Waals surface area contributed by atoms with Crippen molar-refractivity contribution >= 4 is 67.8 Å². The van der Waals surface area contributed by atoms with Crippen molar-refractivity contribution in [1.82, 2.24) is 90.6 Å². The fourth-order valence-electron chi connectivity index (χ4n) is 18.2. The van der Waals surface area contributed by atoms with Crippen LogP contribution in [-0.2, 0) is 66.5 Å². The number of amides is 4. The highest BCUT2D eigenvalue weighted by Gasteiger charge is 2.31. The molecular weight excluding hydrogens is 1940 g/mol. The summed E-state index contributed by atoms with van der Waals surface area (Å²) in [7, 11) is 10.7. The minimum Gasteiger partial charge on any atom is -1.00 e. The Labute approximate surface area is 878 Å². The zero-order chi connectivity index (χ0) is 103. The molecule has 7 N–H and O–H groups in total. The van der Waals surface area contributed by atoms with Crippen LogP contribution in [0.5, 0.6) is 23.0 Å². The highest BCUT2D eigenvalue weighted by Crippen LogP contribution is 2.42. The summed E-state index contributed by atoms with van der Waals surface area (Å²) in [6.07, 6.45) is 22.9. The average molecular weight is 2110 g/mol. The first-order chi connectivity index (χ1) is 67.5. The normalized spacial score (nSPS) is 12.7. The fraction of sp³-hybridized carbons (Fsp3) is 0.544. The van der Waals surface area contributed by atoms with Crippen molar-refractivity contribution in [3.05, 3.63) is 190 Å². The lowest BCUT2D eigenvalue weighted by Gasteiger charge is -2.37. The number of hydrogen-bond donors (Lipinski definition) is 7. The van der Waals surface area contributed by atoms with Gasteiger partial charge in [-0.25, -0.2) is 0 Å². The van der Waals surface area contributed by atoms with E-state index in [4.69, 9.17) is 0 Å². The number of nitrogens with zero attached hydrogens (tertiary/aromatic N) is 17. The minimum absolute atomic E-state index is 0. The number of aryl methyl sites for hydroxylation is 4. The van der Waals surface area contributed by atoms with E-state index in [-0.39, 0.29) is 102 Å². The van der Waals surface area contributed by atoms with E-state index in [1.165, 1.54) is 109 Å². The molecule has 0 radical (unpaired) electrons. The maximum Gasteiger partial charge on any atom is 0.222 e. The summed E-state index contributed by atoms with van der Waals surface area (Å²) in [5.74, 6) is 1.06. The summed E-state index contributed by atoms with van der Waals surface area (Å²) < 4.78 is 2.15. The number of quaternary nitrogens is 2. The zero-order valence-electron chi connectivity index (χ0n) is 90.3. The number of hydrogen-bond acceptors (Lipinski definition) is 18. The zero-order valence-corrected chi connectivity index (χ0v) is 93.5. The van der Waals surface area contributed by atoms with Crippen LogP contribution in [0.4, 0.5) is 0 Å². The molecule has 28 nitrogen and oxygen atoms in total. The Hall–Kier alpha value is -10.8. The van der Waals surface area contributed by atoms with Crippen molar-refractivity contribution in [2.75, 3.05) is 127 Å². The third kappa shape index (κ3) is 35.6. The molecule has 0 spiro atoms. The van der Waals surface area contributed by atoms with Crippen molar-refractivity contribution in [3.63, 3.8) is 0 Å². The van der Waals surface area contributed by atoms with E-state index >= 15 is 0 Å². The maximum absolute atomic E-state index is 12.8. The molecule has 0 saturated carbocycles. The first kappa shape index (κ1) is 118. The lowest BCUT2D eigenvalue weighted by atomic mass is 9.84. The number of phenolic OH excluding ortho intramolecular Hbond substituents is 4. The number of unbranched alkanes of at least 4 members (excludes halogenated alkanes) is 10. The molecule has 0 unspecified atom stereocenters. The number of piperazine rings is 1. The lowest BCUT2D eigenvalue weighted by molar-refractivity contribution is -0.925. The summed E-state index contributed by atoms with van der Waals surface area (Å²) in [5, 5.41) is 90.1. The second kappa shape index (κ2) is 55.7. The predicted octanol–water partition coefficient (Wildman–Crippen LogP) is 13.9. The number of benzene rings is 8. The van der Waals surface area contributed by atoms with Gasteiger partial charge in [-0.2, -0.15) is 0 Å². The first-order valence-electron chi connectivity index (χ1n) is 52.3. The van der Waals surface area contributed by atoms with Crippen LogP contribution in [0, 0.1) is 0 Å². The number of aromatic nitrogens is 12. The second-order valence-electron chi connectivity index (χ2n) is 43.9. The van der Waals surface area contributed by atoms with Gasteiger partial charge in [0.05, 0.1) is 53.4 Å². The average Bonchev–Trinajstić information content (AvgIpc) is 1.59. The van der Waals surface area contributed by atoms with Gasteiger partial charge in [0, 0.05) is 107 Å². The molecule has 0 bridgehead atoms. The Bertz CT molecular complexity index is 5930. The number of fused-ring (bicyclic) bond motifs is 4. The van der Waals surface area contributed by atoms with Crippen LogP contribution in [0.3, 0.4) is 0 Å². The number of carbonyl (C=O) groups is 4. The van der Waals surface area contributed by atoms with Crippen molar-refractivity contribution in [2.24, 2.45) is 0 Å². The number of rotatable bonds is 44. The van der Waals surface area contributed by atoms with E-state index in [9.17, 15) is 39.6 Å². The molecule has 0 atom stereocenters. The number of likely N-dealkylation sites (N-methyl/N-ethyl adjacent to an activating group) is 1. The Morgan fingerprint density at radius 2 is 0.597 bits per heavy atom. The Morgan fingerprint density at radius 3 is 0.875 bits per heavy atom. The van der Waals surface area contributed by atoms with Gasteiger partial charge in [-0.05, 0) is 216 Å². The Morgan fingerprint density at radius 1 is 0.347 bits per heavy atom. The van der Waals surface area contributed by atoms with Gasteiger partial charge in [0.1, 0.15) is 89.9 Å². The van der Waals surface area contributed by atoms with Gasteiger partial charge < -0.3 is 94.0 Å². The second-order valence-corrected chi connectivity index (χ2v) is 43.9. The third-order valence-electron chi connectivity index (χ3n) is 27.2. The molecule has 13 rings (SSSR count). The summed E-state index contributed by atoms with van der Waals surface area (Å²) in [5.41, 5.74) is 14.5. The van der Waals surface area contributed by atoms with Crippen molar-refractivity contribution in [2.45, 2.75) is 280 Å². The monoisotopic (exact) mass is 2100 g/mol. The number of halogens is 2. The molecule has 1 saturated heterocycles. The maximum atomic E-state index is 12.8. The van der Waals surface area contributed by atoms with Gasteiger partial charge in [0.25, 0.3) is 0 Å². The molecule has 4 aromatic heterocycles. The van der Waals surface area contributed by atoms with Crippen LogP contribution >= 0.6 is 0 Å². The molecular formula is C114H168Br2N20O8. The van der Waals surface area contributed by atoms with Crippen LogP contribution < -0.4 is 49.9 Å². The number of carbonyl (C=O) groups excluding carboxylic acids is 4. The molecule has 8 aromatic carbocycles. The summed E-state index contributed by atoms with van der Waals surface area (Å²) >= 11 is 0. The predicted molar refractivity (Wildman–Crippen MR) is 575 cm³/mol. The summed E-state index contributed by atoms with van der Waals surface area (Å²) in [6.45, 7) is 47.3. The molecule has 1 aliphatic heterocycles. The van der Waals surface area contributed by atoms with E-state index in [2.05, 4.69) is 198 Å². The van der Waals surface area contributed by atoms with Crippen LogP contribution in [-0.4, -0.2) is 255 Å². The van der Waals surface area contributed by atoms with Crippen LogP contribution in [0.15, 0.2) is 146 Å². The fourth-order valence-corrected chi connectivity index (χ4v) is 18.2. The van der Waals surface area contributed by atoms with Crippen LogP contribution in [0.2, 0.25) is 0 Å². The van der Waals surface area contributed by atoms with Gasteiger partial charge in [-0.3, -0.25) is 19.2 Å². The molecule has 1 aliphatic rings. The summed E-state index contributed by atoms with van der Waals surface area (Å²) in [4.78, 5) is 62.8. The molecule has 786 valence electrons. The number of aromatic hydroxyl groups is 4. The Balaban J connectivity index is 0.000000235. The van der Waals surface area contributed by atoms with Gasteiger partial charge in [0.2, 0.25) is 23.6 Å². The number of phenols is 4. The topological polar surface area (TPSA) is 318 Å². The number of nitrogens with one attached hydrogen (secondary N) is 3.